The van der Waals surface area contributed by atoms with Crippen LogP contribution in [0.15, 0.2) is 24.3 Å². The molecule has 3 aliphatic rings. The van der Waals surface area contributed by atoms with Crippen molar-refractivity contribution in [2.75, 3.05) is 33.3 Å². The zero-order valence-corrected chi connectivity index (χ0v) is 17.6. The number of rotatable bonds is 6. The standard InChI is InChI=1S/C23H31N3O4/c1-30-19-8-6-17(7-9-19)21(27)24-20(23(29)25-12-2-3-13-25)16-10-14-26(15-11-16)22(28)18-4-5-18/h6-9,16,18,20H,2-5,10-15H2,1H3,(H,24,27). The van der Waals surface area contributed by atoms with Crippen molar-refractivity contribution in [2.45, 2.75) is 44.6 Å². The molecule has 1 unspecified atom stereocenters. The van der Waals surface area contributed by atoms with Gasteiger partial charge >= 0.3 is 0 Å². The van der Waals surface area contributed by atoms with Gasteiger partial charge < -0.3 is 19.9 Å². The molecule has 1 saturated carbocycles. The molecular weight excluding hydrogens is 382 g/mol. The van der Waals surface area contributed by atoms with Crippen LogP contribution < -0.4 is 10.1 Å². The van der Waals surface area contributed by atoms with Crippen molar-refractivity contribution in [3.8, 4) is 5.75 Å². The van der Waals surface area contributed by atoms with Gasteiger partial charge in [0.15, 0.2) is 0 Å². The predicted octanol–water partition coefficient (Wildman–Crippen LogP) is 2.06. The van der Waals surface area contributed by atoms with Gasteiger partial charge in [-0.25, -0.2) is 0 Å². The van der Waals surface area contributed by atoms with Crippen LogP contribution in [0.2, 0.25) is 0 Å². The van der Waals surface area contributed by atoms with Crippen molar-refractivity contribution in [2.24, 2.45) is 11.8 Å². The van der Waals surface area contributed by atoms with Crippen molar-refractivity contribution in [1.82, 2.24) is 15.1 Å². The summed E-state index contributed by atoms with van der Waals surface area (Å²) in [7, 11) is 1.58. The number of nitrogens with one attached hydrogen (secondary N) is 1. The molecule has 162 valence electrons. The topological polar surface area (TPSA) is 79.0 Å². The van der Waals surface area contributed by atoms with Gasteiger partial charge in [-0.1, -0.05) is 0 Å². The van der Waals surface area contributed by atoms with Crippen molar-refractivity contribution in [1.29, 1.82) is 0 Å². The normalized spacial score (nSPS) is 20.7. The van der Waals surface area contributed by atoms with Crippen LogP contribution in [0, 0.1) is 11.8 Å². The van der Waals surface area contributed by atoms with E-state index in [2.05, 4.69) is 5.32 Å². The highest BCUT2D eigenvalue weighted by atomic mass is 16.5. The van der Waals surface area contributed by atoms with Gasteiger partial charge in [0.2, 0.25) is 11.8 Å². The molecule has 3 fully saturated rings. The maximum Gasteiger partial charge on any atom is 0.251 e. The second-order valence-electron chi connectivity index (χ2n) is 8.65. The highest BCUT2D eigenvalue weighted by molar-refractivity contribution is 5.97. The van der Waals surface area contributed by atoms with Crippen LogP contribution in [0.5, 0.6) is 5.75 Å². The number of hydrogen-bond acceptors (Lipinski definition) is 4. The molecule has 7 heteroatoms. The summed E-state index contributed by atoms with van der Waals surface area (Å²) in [6.45, 7) is 2.85. The Morgan fingerprint density at radius 1 is 0.933 bits per heavy atom. The minimum atomic E-state index is -0.545. The number of likely N-dealkylation sites (tertiary alicyclic amines) is 2. The Morgan fingerprint density at radius 2 is 1.57 bits per heavy atom. The summed E-state index contributed by atoms with van der Waals surface area (Å²) >= 11 is 0. The van der Waals surface area contributed by atoms with Crippen molar-refractivity contribution in [3.05, 3.63) is 29.8 Å². The molecule has 0 spiro atoms. The van der Waals surface area contributed by atoms with Crippen LogP contribution in [-0.2, 0) is 9.59 Å². The van der Waals surface area contributed by atoms with Crippen LogP contribution in [0.4, 0.5) is 0 Å². The fraction of sp³-hybridized carbons (Fsp3) is 0.609. The van der Waals surface area contributed by atoms with Crippen LogP contribution in [-0.4, -0.2) is 66.9 Å². The first-order chi connectivity index (χ1) is 14.6. The number of nitrogens with zero attached hydrogens (tertiary/aromatic N) is 2. The first kappa shape index (κ1) is 20.7. The predicted molar refractivity (Wildman–Crippen MR) is 112 cm³/mol. The molecule has 2 aliphatic heterocycles. The number of hydrogen-bond donors (Lipinski definition) is 1. The van der Waals surface area contributed by atoms with E-state index in [0.717, 1.165) is 51.6 Å². The minimum Gasteiger partial charge on any atom is -0.497 e. The molecule has 2 heterocycles. The lowest BCUT2D eigenvalue weighted by Crippen LogP contribution is -2.54. The van der Waals surface area contributed by atoms with Gasteiger partial charge in [0.1, 0.15) is 11.8 Å². The highest BCUT2D eigenvalue weighted by Crippen LogP contribution is 2.33. The van der Waals surface area contributed by atoms with Gasteiger partial charge in [-0.15, -0.1) is 0 Å². The molecule has 0 bridgehead atoms. The second kappa shape index (κ2) is 9.06. The summed E-state index contributed by atoms with van der Waals surface area (Å²) in [5, 5.41) is 3.02. The van der Waals surface area contributed by atoms with E-state index in [4.69, 9.17) is 4.74 Å². The van der Waals surface area contributed by atoms with Crippen LogP contribution >= 0.6 is 0 Å². The number of amides is 3. The third-order valence-corrected chi connectivity index (χ3v) is 6.57. The lowest BCUT2D eigenvalue weighted by molar-refractivity contribution is -0.136. The van der Waals surface area contributed by atoms with Crippen molar-refractivity contribution in [3.63, 3.8) is 0 Å². The monoisotopic (exact) mass is 413 g/mol. The lowest BCUT2D eigenvalue weighted by atomic mass is 9.88. The molecule has 1 aromatic rings. The van der Waals surface area contributed by atoms with E-state index < -0.39 is 6.04 Å². The number of ether oxygens (including phenoxy) is 1. The second-order valence-corrected chi connectivity index (χ2v) is 8.65. The van der Waals surface area contributed by atoms with E-state index in [-0.39, 0.29) is 29.6 Å². The third-order valence-electron chi connectivity index (χ3n) is 6.57. The maximum atomic E-state index is 13.3. The van der Waals surface area contributed by atoms with Gasteiger partial charge in [0.05, 0.1) is 7.11 Å². The van der Waals surface area contributed by atoms with Gasteiger partial charge in [-0.2, -0.15) is 0 Å². The number of methoxy groups -OCH3 is 1. The van der Waals surface area contributed by atoms with E-state index in [1.807, 2.05) is 9.80 Å². The Bertz CT molecular complexity index is 776. The third kappa shape index (κ3) is 4.60. The lowest BCUT2D eigenvalue weighted by Gasteiger charge is -2.37. The fourth-order valence-electron chi connectivity index (χ4n) is 4.52. The van der Waals surface area contributed by atoms with E-state index in [1.54, 1.807) is 31.4 Å². The zero-order valence-electron chi connectivity index (χ0n) is 17.6. The Morgan fingerprint density at radius 3 is 2.13 bits per heavy atom. The summed E-state index contributed by atoms with van der Waals surface area (Å²) in [4.78, 5) is 42.3. The maximum absolute atomic E-state index is 13.3. The van der Waals surface area contributed by atoms with Gasteiger partial charge in [0.25, 0.3) is 5.91 Å². The smallest absolute Gasteiger partial charge is 0.251 e. The van der Waals surface area contributed by atoms with Crippen LogP contribution in [0.25, 0.3) is 0 Å². The molecule has 1 N–H and O–H groups in total. The molecule has 1 aliphatic carbocycles. The summed E-state index contributed by atoms with van der Waals surface area (Å²) < 4.78 is 5.16. The Hall–Kier alpha value is -2.57. The van der Waals surface area contributed by atoms with Crippen molar-refractivity contribution >= 4 is 17.7 Å². The van der Waals surface area contributed by atoms with Gasteiger partial charge in [-0.05, 0) is 68.7 Å². The molecule has 0 aromatic heterocycles. The first-order valence-electron chi connectivity index (χ1n) is 11.1. The SMILES string of the molecule is COc1ccc(C(=O)NC(C(=O)N2CCCC2)C2CCN(C(=O)C3CC3)CC2)cc1. The zero-order chi connectivity index (χ0) is 21.1. The van der Waals surface area contributed by atoms with E-state index in [1.165, 1.54) is 0 Å². The Labute approximate surface area is 177 Å². The summed E-state index contributed by atoms with van der Waals surface area (Å²) in [6.07, 6.45) is 5.52. The molecule has 30 heavy (non-hydrogen) atoms. The van der Waals surface area contributed by atoms with E-state index >= 15 is 0 Å². The van der Waals surface area contributed by atoms with Gasteiger partial charge in [-0.3, -0.25) is 14.4 Å². The largest absolute Gasteiger partial charge is 0.497 e. The van der Waals surface area contributed by atoms with E-state index in [0.29, 0.717) is 24.4 Å². The number of piperidine rings is 1. The van der Waals surface area contributed by atoms with E-state index in [9.17, 15) is 14.4 Å². The molecular formula is C23H31N3O4. The fourth-order valence-corrected chi connectivity index (χ4v) is 4.52. The molecule has 1 aromatic carbocycles. The van der Waals surface area contributed by atoms with Gasteiger partial charge in [0, 0.05) is 37.7 Å². The Kier molecular flexibility index (Phi) is 6.25. The minimum absolute atomic E-state index is 0.0151. The molecule has 4 rings (SSSR count). The molecule has 1 atom stereocenters. The number of carbonyl (C=O) groups is 3. The molecule has 0 radical (unpaired) electrons. The highest BCUT2D eigenvalue weighted by Gasteiger charge is 2.39. The summed E-state index contributed by atoms with van der Waals surface area (Å²) in [5.74, 6) is 0.983. The van der Waals surface area contributed by atoms with Crippen molar-refractivity contribution < 1.29 is 19.1 Å². The average molecular weight is 414 g/mol. The Balaban J connectivity index is 1.44. The number of carbonyl (C=O) groups excluding carboxylic acids is 3. The molecule has 3 amide bonds. The first-order valence-corrected chi connectivity index (χ1v) is 11.1. The van der Waals surface area contributed by atoms with Crippen LogP contribution in [0.1, 0.15) is 48.9 Å². The average Bonchev–Trinajstić information content (AvgIpc) is 3.50. The molecule has 7 nitrogen and oxygen atoms in total. The number of benzene rings is 1. The summed E-state index contributed by atoms with van der Waals surface area (Å²) in [5.41, 5.74) is 0.511. The van der Waals surface area contributed by atoms with Crippen LogP contribution in [0.3, 0.4) is 0 Å². The molecule has 2 saturated heterocycles. The summed E-state index contributed by atoms with van der Waals surface area (Å²) in [6, 6.07) is 6.36. The quantitative estimate of drug-likeness (QED) is 0.774.